The Morgan fingerprint density at radius 3 is 2.07 bits per heavy atom. The Bertz CT molecular complexity index is 143. The van der Waals surface area contributed by atoms with Crippen LogP contribution in [0, 0.1) is 0 Å². The lowest BCUT2D eigenvalue weighted by atomic mass is 10.1. The molecule has 1 aliphatic rings. The van der Waals surface area contributed by atoms with E-state index in [0.29, 0.717) is 6.04 Å². The van der Waals surface area contributed by atoms with Crippen LogP contribution in [0.25, 0.3) is 0 Å². The van der Waals surface area contributed by atoms with E-state index in [1.807, 2.05) is 0 Å². The molecule has 1 heterocycles. The number of ether oxygens (including phenoxy) is 1. The first-order valence-corrected chi connectivity index (χ1v) is 5.81. The molecule has 1 aliphatic heterocycles. The highest BCUT2D eigenvalue weighted by Gasteiger charge is 2.27. The summed E-state index contributed by atoms with van der Waals surface area (Å²) in [5.41, 5.74) is 0.0581. The van der Waals surface area contributed by atoms with Crippen molar-refractivity contribution in [1.82, 2.24) is 4.90 Å². The molecule has 0 aromatic carbocycles. The molecule has 1 saturated heterocycles. The van der Waals surface area contributed by atoms with Crippen molar-refractivity contribution in [2.24, 2.45) is 0 Å². The molecule has 86 valence electrons. The molecule has 2 nitrogen and oxygen atoms in total. The lowest BCUT2D eigenvalue weighted by Gasteiger charge is -2.40. The molecule has 0 N–H and O–H groups in total. The predicted octanol–water partition coefficient (Wildman–Crippen LogP) is 2.92. The molecule has 0 bridgehead atoms. The summed E-state index contributed by atoms with van der Waals surface area (Å²) >= 11 is 0. The molecular weight excluding hydrogens is 174 g/mol. The lowest BCUT2D eigenvalue weighted by molar-refractivity contribution is -0.0936. The van der Waals surface area contributed by atoms with Gasteiger partial charge in [0.15, 0.2) is 0 Å². The second kappa shape index (κ2) is 6.41. The number of nitrogens with zero attached hydrogens (tertiary/aromatic N) is 1. The van der Waals surface area contributed by atoms with Crippen LogP contribution in [-0.4, -0.2) is 36.2 Å². The third-order valence-electron chi connectivity index (χ3n) is 2.19. The molecule has 0 unspecified atom stereocenters. The Labute approximate surface area is 89.6 Å². The Balaban J connectivity index is 0.000000500. The van der Waals surface area contributed by atoms with Gasteiger partial charge < -0.3 is 4.74 Å². The molecule has 0 aromatic heterocycles. The van der Waals surface area contributed by atoms with Crippen molar-refractivity contribution in [3.8, 4) is 0 Å². The van der Waals surface area contributed by atoms with Crippen LogP contribution < -0.4 is 0 Å². The highest BCUT2D eigenvalue weighted by atomic mass is 16.5. The topological polar surface area (TPSA) is 12.5 Å². The van der Waals surface area contributed by atoms with Gasteiger partial charge in [0.1, 0.15) is 0 Å². The predicted molar refractivity (Wildman–Crippen MR) is 62.7 cm³/mol. The summed E-state index contributed by atoms with van der Waals surface area (Å²) in [6, 6.07) is 0.651. The third-order valence-corrected chi connectivity index (χ3v) is 2.19. The van der Waals surface area contributed by atoms with Crippen LogP contribution in [0.3, 0.4) is 0 Å². The number of morpholine rings is 1. The Morgan fingerprint density at radius 2 is 1.79 bits per heavy atom. The van der Waals surface area contributed by atoms with Crippen molar-refractivity contribution in [2.75, 3.05) is 19.7 Å². The molecule has 2 heteroatoms. The van der Waals surface area contributed by atoms with Crippen LogP contribution in [0.15, 0.2) is 0 Å². The van der Waals surface area contributed by atoms with Gasteiger partial charge in [-0.2, -0.15) is 0 Å². The van der Waals surface area contributed by atoms with Gasteiger partial charge in [0.05, 0.1) is 12.2 Å². The van der Waals surface area contributed by atoms with E-state index in [1.54, 1.807) is 0 Å². The molecule has 0 atom stereocenters. The third kappa shape index (κ3) is 5.61. The largest absolute Gasteiger partial charge is 0.373 e. The first kappa shape index (κ1) is 13.9. The van der Waals surface area contributed by atoms with Crippen molar-refractivity contribution >= 4 is 0 Å². The van der Waals surface area contributed by atoms with Crippen molar-refractivity contribution in [3.05, 3.63) is 0 Å². The van der Waals surface area contributed by atoms with E-state index >= 15 is 0 Å². The van der Waals surface area contributed by atoms with E-state index in [-0.39, 0.29) is 5.60 Å². The molecule has 0 amide bonds. The zero-order valence-electron chi connectivity index (χ0n) is 10.8. The zero-order chi connectivity index (χ0) is 11.2. The second-order valence-corrected chi connectivity index (χ2v) is 4.88. The van der Waals surface area contributed by atoms with Gasteiger partial charge in [-0.15, -0.1) is 0 Å². The fourth-order valence-electron chi connectivity index (χ4n) is 1.49. The van der Waals surface area contributed by atoms with Crippen molar-refractivity contribution in [1.29, 1.82) is 0 Å². The Kier molecular flexibility index (Phi) is 6.38. The quantitative estimate of drug-likeness (QED) is 0.647. The maximum atomic E-state index is 5.60. The van der Waals surface area contributed by atoms with Crippen LogP contribution in [0.4, 0.5) is 0 Å². The minimum Gasteiger partial charge on any atom is -0.373 e. The standard InChI is InChI=1S/C9H19NO.C3H8/c1-8(2)10-5-6-11-9(3,4)7-10;1-3-2/h8H,5-7H2,1-4H3;3H2,1-2H3. The van der Waals surface area contributed by atoms with Crippen LogP contribution in [0.1, 0.15) is 48.0 Å². The van der Waals surface area contributed by atoms with Crippen LogP contribution in [0.5, 0.6) is 0 Å². The molecule has 0 spiro atoms. The van der Waals surface area contributed by atoms with E-state index in [1.165, 1.54) is 6.42 Å². The molecule has 0 radical (unpaired) electrons. The molecule has 0 aliphatic carbocycles. The molecular formula is C12H27NO. The second-order valence-electron chi connectivity index (χ2n) is 4.88. The first-order valence-electron chi connectivity index (χ1n) is 5.81. The summed E-state index contributed by atoms with van der Waals surface area (Å²) in [4.78, 5) is 2.46. The van der Waals surface area contributed by atoms with Gasteiger partial charge in [0.2, 0.25) is 0 Å². The summed E-state index contributed by atoms with van der Waals surface area (Å²) in [7, 11) is 0. The molecule has 1 fully saturated rings. The average Bonchev–Trinajstić information content (AvgIpc) is 2.03. The van der Waals surface area contributed by atoms with Crippen molar-refractivity contribution in [3.63, 3.8) is 0 Å². The van der Waals surface area contributed by atoms with Gasteiger partial charge in [-0.05, 0) is 27.7 Å². The number of hydrogen-bond acceptors (Lipinski definition) is 2. The molecule has 14 heavy (non-hydrogen) atoms. The summed E-state index contributed by atoms with van der Waals surface area (Å²) in [5, 5.41) is 0. The van der Waals surface area contributed by atoms with E-state index in [0.717, 1.165) is 19.7 Å². The van der Waals surface area contributed by atoms with Gasteiger partial charge in [0, 0.05) is 19.1 Å². The summed E-state index contributed by atoms with van der Waals surface area (Å²) in [6.45, 7) is 16.1. The summed E-state index contributed by atoms with van der Waals surface area (Å²) in [6.07, 6.45) is 1.25. The van der Waals surface area contributed by atoms with Gasteiger partial charge in [-0.25, -0.2) is 0 Å². The van der Waals surface area contributed by atoms with Crippen LogP contribution in [0.2, 0.25) is 0 Å². The van der Waals surface area contributed by atoms with E-state index in [4.69, 9.17) is 4.74 Å². The minimum absolute atomic E-state index is 0.0581. The maximum absolute atomic E-state index is 5.60. The highest BCUT2D eigenvalue weighted by molar-refractivity contribution is 4.80. The summed E-state index contributed by atoms with van der Waals surface area (Å²) in [5.74, 6) is 0. The fourth-order valence-corrected chi connectivity index (χ4v) is 1.49. The fraction of sp³-hybridized carbons (Fsp3) is 1.00. The maximum Gasteiger partial charge on any atom is 0.0753 e. The highest BCUT2D eigenvalue weighted by Crippen LogP contribution is 2.17. The number of hydrogen-bond donors (Lipinski definition) is 0. The smallest absolute Gasteiger partial charge is 0.0753 e. The van der Waals surface area contributed by atoms with E-state index < -0.39 is 0 Å². The monoisotopic (exact) mass is 201 g/mol. The first-order chi connectivity index (χ1) is 6.43. The van der Waals surface area contributed by atoms with Gasteiger partial charge >= 0.3 is 0 Å². The average molecular weight is 201 g/mol. The van der Waals surface area contributed by atoms with Crippen molar-refractivity contribution in [2.45, 2.75) is 59.6 Å². The van der Waals surface area contributed by atoms with E-state index in [2.05, 4.69) is 46.4 Å². The summed E-state index contributed by atoms with van der Waals surface area (Å²) < 4.78 is 5.60. The number of rotatable bonds is 1. The molecule has 1 rings (SSSR count). The lowest BCUT2D eigenvalue weighted by Crippen LogP contribution is -2.50. The SMILES string of the molecule is CC(C)N1CCOC(C)(C)C1.CCC. The van der Waals surface area contributed by atoms with Gasteiger partial charge in [-0.3, -0.25) is 4.90 Å². The van der Waals surface area contributed by atoms with Gasteiger partial charge in [0.25, 0.3) is 0 Å². The van der Waals surface area contributed by atoms with Crippen LogP contribution in [-0.2, 0) is 4.74 Å². The van der Waals surface area contributed by atoms with Crippen molar-refractivity contribution < 1.29 is 4.74 Å². The minimum atomic E-state index is 0.0581. The normalized spacial score (nSPS) is 21.6. The Morgan fingerprint density at radius 1 is 1.29 bits per heavy atom. The van der Waals surface area contributed by atoms with Crippen LogP contribution >= 0.6 is 0 Å². The molecule has 0 aromatic rings. The Hall–Kier alpha value is -0.0800. The molecule has 0 saturated carbocycles. The van der Waals surface area contributed by atoms with Gasteiger partial charge in [-0.1, -0.05) is 20.3 Å². The van der Waals surface area contributed by atoms with E-state index in [9.17, 15) is 0 Å². The zero-order valence-corrected chi connectivity index (χ0v) is 10.8.